The minimum absolute atomic E-state index is 0.0436. The summed E-state index contributed by atoms with van der Waals surface area (Å²) in [5.41, 5.74) is 0.457. The summed E-state index contributed by atoms with van der Waals surface area (Å²) in [7, 11) is -3.85. The first-order chi connectivity index (χ1) is 10.9. The molecule has 0 radical (unpaired) electrons. The Morgan fingerprint density at radius 2 is 2.09 bits per heavy atom. The number of pyridine rings is 2. The van der Waals surface area contributed by atoms with Crippen LogP contribution in [0, 0.1) is 0 Å². The quantitative estimate of drug-likeness (QED) is 0.748. The number of carbonyl (C=O) groups excluding carboxylic acids is 1. The summed E-state index contributed by atoms with van der Waals surface area (Å²) < 4.78 is 25.1. The van der Waals surface area contributed by atoms with Gasteiger partial charge in [0.15, 0.2) is 10.9 Å². The first-order valence-electron chi connectivity index (χ1n) is 7.18. The van der Waals surface area contributed by atoms with Crippen LogP contribution in [-0.4, -0.2) is 34.0 Å². The van der Waals surface area contributed by atoms with Crippen molar-refractivity contribution in [1.82, 2.24) is 9.97 Å². The van der Waals surface area contributed by atoms with E-state index in [-0.39, 0.29) is 23.7 Å². The molecule has 1 atom stereocenters. The van der Waals surface area contributed by atoms with Gasteiger partial charge in [0.1, 0.15) is 10.5 Å². The third kappa shape index (κ3) is 1.89. The fourth-order valence-electron chi connectivity index (χ4n) is 3.08. The molecule has 1 unspecified atom stereocenters. The van der Waals surface area contributed by atoms with Gasteiger partial charge in [-0.3, -0.25) is 9.78 Å². The molecule has 23 heavy (non-hydrogen) atoms. The van der Waals surface area contributed by atoms with Gasteiger partial charge in [-0.1, -0.05) is 12.2 Å². The molecule has 0 aromatic carbocycles. The molecule has 2 aromatic heterocycles. The molecule has 0 saturated carbocycles. The van der Waals surface area contributed by atoms with E-state index in [0.717, 1.165) is 5.39 Å². The maximum atomic E-state index is 13.2. The second kappa shape index (κ2) is 4.55. The number of Topliss-reactive ketones (excluding diaryl/α,β-unsaturated/α-hetero) is 1. The smallest absolute Gasteiger partial charge is 0.205 e. The molecule has 0 saturated heterocycles. The minimum atomic E-state index is -3.85. The Labute approximate surface area is 132 Å². The zero-order chi connectivity index (χ0) is 16.2. The highest BCUT2D eigenvalue weighted by molar-refractivity contribution is 8.08. The number of rotatable bonds is 1. The molecular weight excluding hydrogens is 314 g/mol. The molecule has 2 aliphatic rings. The average molecular weight is 327 g/mol. The lowest BCUT2D eigenvalue weighted by Crippen LogP contribution is -2.41. The van der Waals surface area contributed by atoms with Gasteiger partial charge in [0.25, 0.3) is 0 Å². The normalized spacial score (nSPS) is 23.3. The van der Waals surface area contributed by atoms with Gasteiger partial charge >= 0.3 is 0 Å². The lowest BCUT2D eigenvalue weighted by Gasteiger charge is -2.27. The summed E-state index contributed by atoms with van der Waals surface area (Å²) >= 11 is 0. The van der Waals surface area contributed by atoms with Gasteiger partial charge in [-0.15, -0.1) is 0 Å². The molecular formula is C16H13N3O3S. The van der Waals surface area contributed by atoms with E-state index in [2.05, 4.69) is 15.0 Å². The lowest BCUT2D eigenvalue weighted by molar-refractivity contribution is -0.118. The molecule has 0 spiro atoms. The fraction of sp³-hybridized carbons (Fsp3) is 0.250. The van der Waals surface area contributed by atoms with Crippen molar-refractivity contribution in [2.45, 2.75) is 24.5 Å². The van der Waals surface area contributed by atoms with Gasteiger partial charge in [0.05, 0.1) is 0 Å². The Kier molecular flexibility index (Phi) is 2.81. The number of nitrogens with zero attached hydrogens (tertiary/aromatic N) is 3. The Hall–Kier alpha value is -2.41. The van der Waals surface area contributed by atoms with Crippen LogP contribution >= 0.6 is 0 Å². The minimum Gasteiger partial charge on any atom is -0.299 e. The van der Waals surface area contributed by atoms with Crippen molar-refractivity contribution in [3.63, 3.8) is 0 Å². The number of aromatic nitrogens is 2. The first-order valence-corrected chi connectivity index (χ1v) is 8.66. The van der Waals surface area contributed by atoms with E-state index < -0.39 is 14.6 Å². The predicted octanol–water partition coefficient (Wildman–Crippen LogP) is 2.11. The zero-order valence-corrected chi connectivity index (χ0v) is 13.2. The Morgan fingerprint density at radius 3 is 2.87 bits per heavy atom. The van der Waals surface area contributed by atoms with Gasteiger partial charge in [0.2, 0.25) is 9.84 Å². The SMILES string of the molecule is CC1(S(=O)(=O)C2=Nc3nccc4cncc2c34)C=CCC(=O)C1. The third-order valence-corrected chi connectivity index (χ3v) is 6.65. The van der Waals surface area contributed by atoms with E-state index in [1.54, 1.807) is 37.5 Å². The van der Waals surface area contributed by atoms with Crippen molar-refractivity contribution >= 4 is 37.3 Å². The number of ketones is 1. The predicted molar refractivity (Wildman–Crippen MR) is 86.4 cm³/mol. The number of carbonyl (C=O) groups is 1. The molecule has 7 heteroatoms. The highest BCUT2D eigenvalue weighted by atomic mass is 32.2. The van der Waals surface area contributed by atoms with Crippen LogP contribution in [0.3, 0.4) is 0 Å². The largest absolute Gasteiger partial charge is 0.299 e. The second-order valence-corrected chi connectivity index (χ2v) is 8.30. The summed E-state index contributed by atoms with van der Waals surface area (Å²) in [4.78, 5) is 24.3. The van der Waals surface area contributed by atoms with E-state index >= 15 is 0 Å². The number of allylic oxidation sites excluding steroid dienone is 1. The summed E-state index contributed by atoms with van der Waals surface area (Å²) in [6, 6.07) is 1.77. The lowest BCUT2D eigenvalue weighted by atomic mass is 9.96. The van der Waals surface area contributed by atoms with Crippen molar-refractivity contribution in [2.75, 3.05) is 0 Å². The van der Waals surface area contributed by atoms with Gasteiger partial charge in [-0.2, -0.15) is 0 Å². The average Bonchev–Trinajstić information content (AvgIpc) is 2.89. The third-order valence-electron chi connectivity index (χ3n) is 4.32. The molecule has 4 rings (SSSR count). The molecule has 0 bridgehead atoms. The van der Waals surface area contributed by atoms with Crippen molar-refractivity contribution in [1.29, 1.82) is 0 Å². The van der Waals surface area contributed by atoms with Gasteiger partial charge in [-0.05, 0) is 13.0 Å². The molecule has 6 nitrogen and oxygen atoms in total. The van der Waals surface area contributed by atoms with Crippen LogP contribution in [0.2, 0.25) is 0 Å². The second-order valence-electron chi connectivity index (χ2n) is 5.97. The summed E-state index contributed by atoms with van der Waals surface area (Å²) in [6.45, 7) is 1.56. The van der Waals surface area contributed by atoms with Crippen LogP contribution in [0.4, 0.5) is 5.82 Å². The maximum absolute atomic E-state index is 13.2. The fourth-order valence-corrected chi connectivity index (χ4v) is 4.80. The summed E-state index contributed by atoms with van der Waals surface area (Å²) in [6.07, 6.45) is 8.16. The van der Waals surface area contributed by atoms with Crippen molar-refractivity contribution in [2.24, 2.45) is 4.99 Å². The highest BCUT2D eigenvalue weighted by Gasteiger charge is 2.45. The molecule has 0 N–H and O–H groups in total. The molecule has 3 heterocycles. The van der Waals surface area contributed by atoms with E-state index in [1.807, 2.05) is 0 Å². The number of hydrogen-bond acceptors (Lipinski definition) is 6. The Balaban J connectivity index is 1.93. The number of aliphatic imine (C=N–C) groups is 1. The summed E-state index contributed by atoms with van der Waals surface area (Å²) in [5.74, 6) is 0.289. The van der Waals surface area contributed by atoms with Crippen molar-refractivity contribution < 1.29 is 13.2 Å². The molecule has 1 aliphatic carbocycles. The van der Waals surface area contributed by atoms with E-state index in [9.17, 15) is 13.2 Å². The van der Waals surface area contributed by atoms with Gasteiger partial charge in [0, 0.05) is 47.8 Å². The molecule has 0 amide bonds. The first kappa shape index (κ1) is 14.2. The molecule has 1 aliphatic heterocycles. The van der Waals surface area contributed by atoms with E-state index in [1.165, 1.54) is 6.20 Å². The topological polar surface area (TPSA) is 89.3 Å². The molecule has 2 aromatic rings. The van der Waals surface area contributed by atoms with Crippen molar-refractivity contribution in [3.05, 3.63) is 42.4 Å². The van der Waals surface area contributed by atoms with Crippen LogP contribution in [0.15, 0.2) is 41.8 Å². The van der Waals surface area contributed by atoms with Crippen LogP contribution in [-0.2, 0) is 14.6 Å². The van der Waals surface area contributed by atoms with Crippen LogP contribution in [0.1, 0.15) is 25.3 Å². The summed E-state index contributed by atoms with van der Waals surface area (Å²) in [5, 5.41) is 1.43. The standard InChI is InChI=1S/C16H13N3O3S/c1-16(5-2-3-11(20)7-16)23(21,22)15-12-9-17-8-10-4-6-18-14(19-15)13(10)12/h2,4-6,8-9H,3,7H2,1H3. The maximum Gasteiger partial charge on any atom is 0.205 e. The van der Waals surface area contributed by atoms with Gasteiger partial charge < -0.3 is 0 Å². The number of sulfone groups is 1. The molecule has 116 valence electrons. The van der Waals surface area contributed by atoms with Crippen molar-refractivity contribution in [3.8, 4) is 0 Å². The Bertz CT molecular complexity index is 1020. The highest BCUT2D eigenvalue weighted by Crippen LogP contribution is 2.39. The van der Waals surface area contributed by atoms with E-state index in [0.29, 0.717) is 16.8 Å². The van der Waals surface area contributed by atoms with E-state index in [4.69, 9.17) is 0 Å². The van der Waals surface area contributed by atoms with Gasteiger partial charge in [-0.25, -0.2) is 18.4 Å². The zero-order valence-electron chi connectivity index (χ0n) is 12.4. The monoisotopic (exact) mass is 327 g/mol. The number of hydrogen-bond donors (Lipinski definition) is 0. The van der Waals surface area contributed by atoms with Crippen LogP contribution < -0.4 is 0 Å². The molecule has 0 fully saturated rings. The van der Waals surface area contributed by atoms with Crippen LogP contribution in [0.25, 0.3) is 10.8 Å². The Morgan fingerprint density at radius 1 is 1.26 bits per heavy atom. The van der Waals surface area contributed by atoms with Crippen LogP contribution in [0.5, 0.6) is 0 Å².